The lowest BCUT2D eigenvalue weighted by Crippen LogP contribution is -2.12. The molecule has 3 nitrogen and oxygen atoms in total. The van der Waals surface area contributed by atoms with Crippen LogP contribution in [0, 0.1) is 0 Å². The molecule has 0 aliphatic rings. The predicted octanol–water partition coefficient (Wildman–Crippen LogP) is 3.48. The summed E-state index contributed by atoms with van der Waals surface area (Å²) in [5.41, 5.74) is 4.81. The highest BCUT2D eigenvalue weighted by Gasteiger charge is 2.16. The monoisotopic (exact) mass is 261 g/mol. The maximum absolute atomic E-state index is 11.6. The van der Waals surface area contributed by atoms with Gasteiger partial charge < -0.3 is 4.74 Å². The number of hydrogen-bond acceptors (Lipinski definition) is 4. The third kappa shape index (κ3) is 2.76. The number of ether oxygens (including phenoxy) is 1. The molecular formula is C14H15NO2S. The number of aromatic nitrogens is 1. The standard InChI is InChI=1S/C14H15NO2S/c1-3-17-14(16)10(2)11-4-6-12(7-5-11)13-8-18-9-15-13/h4-10H,3H2,1-2H3. The smallest absolute Gasteiger partial charge is 0.313 e. The van der Waals surface area contributed by atoms with E-state index in [9.17, 15) is 4.79 Å². The van der Waals surface area contributed by atoms with Crippen molar-refractivity contribution >= 4 is 17.3 Å². The van der Waals surface area contributed by atoms with E-state index in [2.05, 4.69) is 4.98 Å². The van der Waals surface area contributed by atoms with Crippen molar-refractivity contribution in [2.75, 3.05) is 6.61 Å². The largest absolute Gasteiger partial charge is 0.466 e. The predicted molar refractivity (Wildman–Crippen MR) is 72.6 cm³/mol. The molecule has 4 heteroatoms. The van der Waals surface area contributed by atoms with Crippen LogP contribution in [0.2, 0.25) is 0 Å². The van der Waals surface area contributed by atoms with Gasteiger partial charge in [0.15, 0.2) is 0 Å². The lowest BCUT2D eigenvalue weighted by atomic mass is 9.99. The second-order valence-corrected chi connectivity index (χ2v) is 4.69. The number of hydrogen-bond donors (Lipinski definition) is 0. The van der Waals surface area contributed by atoms with Gasteiger partial charge in [-0.2, -0.15) is 0 Å². The summed E-state index contributed by atoms with van der Waals surface area (Å²) in [5.74, 6) is -0.409. The molecule has 0 aliphatic heterocycles. The number of carbonyl (C=O) groups is 1. The molecule has 0 amide bonds. The Bertz CT molecular complexity index is 505. The average molecular weight is 261 g/mol. The van der Waals surface area contributed by atoms with Crippen LogP contribution in [0.25, 0.3) is 11.3 Å². The number of nitrogens with zero attached hydrogens (tertiary/aromatic N) is 1. The van der Waals surface area contributed by atoms with Gasteiger partial charge in [-0.25, -0.2) is 4.98 Å². The quantitative estimate of drug-likeness (QED) is 0.791. The molecule has 1 aromatic carbocycles. The minimum Gasteiger partial charge on any atom is -0.466 e. The van der Waals surface area contributed by atoms with Crippen molar-refractivity contribution in [2.45, 2.75) is 19.8 Å². The van der Waals surface area contributed by atoms with Crippen molar-refractivity contribution in [3.8, 4) is 11.3 Å². The summed E-state index contributed by atoms with van der Waals surface area (Å²) < 4.78 is 5.01. The second-order valence-electron chi connectivity index (χ2n) is 3.97. The van der Waals surface area contributed by atoms with Crippen molar-refractivity contribution in [1.29, 1.82) is 0 Å². The maximum atomic E-state index is 11.6. The van der Waals surface area contributed by atoms with Gasteiger partial charge in [0.1, 0.15) is 0 Å². The van der Waals surface area contributed by atoms with Gasteiger partial charge in [0.25, 0.3) is 0 Å². The van der Waals surface area contributed by atoms with Gasteiger partial charge in [-0.05, 0) is 19.4 Å². The van der Waals surface area contributed by atoms with Gasteiger partial charge in [0.2, 0.25) is 0 Å². The minimum atomic E-state index is -0.227. The van der Waals surface area contributed by atoms with Crippen LogP contribution in [0.3, 0.4) is 0 Å². The summed E-state index contributed by atoms with van der Waals surface area (Å²) >= 11 is 1.57. The summed E-state index contributed by atoms with van der Waals surface area (Å²) in [6, 6.07) is 7.88. The zero-order valence-electron chi connectivity index (χ0n) is 10.4. The molecule has 1 heterocycles. The zero-order chi connectivity index (χ0) is 13.0. The number of esters is 1. The molecule has 1 unspecified atom stereocenters. The number of rotatable bonds is 4. The molecule has 0 saturated carbocycles. The van der Waals surface area contributed by atoms with Gasteiger partial charge in [-0.3, -0.25) is 4.79 Å². The van der Waals surface area contributed by atoms with E-state index >= 15 is 0 Å². The molecule has 2 rings (SSSR count). The van der Waals surface area contributed by atoms with E-state index < -0.39 is 0 Å². The molecule has 0 fully saturated rings. The molecule has 0 spiro atoms. The molecule has 1 atom stereocenters. The van der Waals surface area contributed by atoms with Crippen LogP contribution < -0.4 is 0 Å². The Labute approximate surface area is 110 Å². The van der Waals surface area contributed by atoms with E-state index in [1.54, 1.807) is 11.3 Å². The van der Waals surface area contributed by atoms with Crippen LogP contribution >= 0.6 is 11.3 Å². The lowest BCUT2D eigenvalue weighted by molar-refractivity contribution is -0.144. The fraction of sp³-hybridized carbons (Fsp3) is 0.286. The Balaban J connectivity index is 2.15. The summed E-state index contributed by atoms with van der Waals surface area (Å²) in [6.45, 7) is 4.09. The highest BCUT2D eigenvalue weighted by Crippen LogP contribution is 2.23. The molecule has 0 N–H and O–H groups in total. The normalized spacial score (nSPS) is 12.1. The minimum absolute atomic E-state index is 0.182. The fourth-order valence-electron chi connectivity index (χ4n) is 1.70. The van der Waals surface area contributed by atoms with Crippen molar-refractivity contribution in [3.05, 3.63) is 40.7 Å². The van der Waals surface area contributed by atoms with Gasteiger partial charge >= 0.3 is 5.97 Å². The summed E-state index contributed by atoms with van der Waals surface area (Å²) in [7, 11) is 0. The zero-order valence-corrected chi connectivity index (χ0v) is 11.2. The highest BCUT2D eigenvalue weighted by atomic mass is 32.1. The molecule has 0 radical (unpaired) electrons. The summed E-state index contributed by atoms with van der Waals surface area (Å²) in [5, 5.41) is 2.00. The summed E-state index contributed by atoms with van der Waals surface area (Å²) in [4.78, 5) is 15.9. The van der Waals surface area contributed by atoms with Gasteiger partial charge in [0, 0.05) is 10.9 Å². The first kappa shape index (κ1) is 12.8. The van der Waals surface area contributed by atoms with Crippen LogP contribution in [0.4, 0.5) is 0 Å². The van der Waals surface area contributed by atoms with Crippen LogP contribution in [0.15, 0.2) is 35.2 Å². The van der Waals surface area contributed by atoms with Gasteiger partial charge in [-0.1, -0.05) is 24.3 Å². The Hall–Kier alpha value is -1.68. The maximum Gasteiger partial charge on any atom is 0.313 e. The van der Waals surface area contributed by atoms with E-state index in [4.69, 9.17) is 4.74 Å². The lowest BCUT2D eigenvalue weighted by Gasteiger charge is -2.11. The van der Waals surface area contributed by atoms with Crippen LogP contribution in [-0.4, -0.2) is 17.6 Å². The fourth-order valence-corrected chi connectivity index (χ4v) is 2.26. The first-order chi connectivity index (χ1) is 8.72. The number of thiazole rings is 1. The average Bonchev–Trinajstić information content (AvgIpc) is 2.92. The van der Waals surface area contributed by atoms with E-state index in [-0.39, 0.29) is 11.9 Å². The van der Waals surface area contributed by atoms with E-state index in [0.29, 0.717) is 6.61 Å². The van der Waals surface area contributed by atoms with Gasteiger partial charge in [0.05, 0.1) is 23.7 Å². The van der Waals surface area contributed by atoms with Gasteiger partial charge in [-0.15, -0.1) is 11.3 Å². The molecule has 2 aromatic rings. The Morgan fingerprint density at radius 2 is 2.11 bits per heavy atom. The first-order valence-corrected chi connectivity index (χ1v) is 6.81. The van der Waals surface area contributed by atoms with E-state index in [0.717, 1.165) is 16.8 Å². The molecule has 0 bridgehead atoms. The molecule has 94 valence electrons. The first-order valence-electron chi connectivity index (χ1n) is 5.87. The third-order valence-electron chi connectivity index (χ3n) is 2.78. The Kier molecular flexibility index (Phi) is 4.10. The highest BCUT2D eigenvalue weighted by molar-refractivity contribution is 7.07. The SMILES string of the molecule is CCOC(=O)C(C)c1ccc(-c2cscn2)cc1. The van der Waals surface area contributed by atoms with Crippen molar-refractivity contribution in [1.82, 2.24) is 4.98 Å². The molecule has 1 aromatic heterocycles. The van der Waals surface area contributed by atoms with E-state index in [1.165, 1.54) is 0 Å². The van der Waals surface area contributed by atoms with Crippen molar-refractivity contribution in [2.24, 2.45) is 0 Å². The number of benzene rings is 1. The second kappa shape index (κ2) is 5.78. The van der Waals surface area contributed by atoms with Crippen molar-refractivity contribution in [3.63, 3.8) is 0 Å². The number of carbonyl (C=O) groups excluding carboxylic acids is 1. The molecular weight excluding hydrogens is 246 g/mol. The summed E-state index contributed by atoms with van der Waals surface area (Å²) in [6.07, 6.45) is 0. The third-order valence-corrected chi connectivity index (χ3v) is 3.37. The van der Waals surface area contributed by atoms with Crippen LogP contribution in [0.1, 0.15) is 25.3 Å². The van der Waals surface area contributed by atoms with Crippen LogP contribution in [0.5, 0.6) is 0 Å². The van der Waals surface area contributed by atoms with Crippen molar-refractivity contribution < 1.29 is 9.53 Å². The Morgan fingerprint density at radius 3 is 2.67 bits per heavy atom. The van der Waals surface area contributed by atoms with Crippen LogP contribution in [-0.2, 0) is 9.53 Å². The van der Waals surface area contributed by atoms with E-state index in [1.807, 2.05) is 49.0 Å². The topological polar surface area (TPSA) is 39.2 Å². The molecule has 18 heavy (non-hydrogen) atoms. The molecule has 0 aliphatic carbocycles. The molecule has 0 saturated heterocycles. The Morgan fingerprint density at radius 1 is 1.39 bits per heavy atom.